The van der Waals surface area contributed by atoms with Crippen LogP contribution in [0.25, 0.3) is 0 Å². The maximum atomic E-state index is 11.4. The second kappa shape index (κ2) is 4.94. The number of halogens is 1. The van der Waals surface area contributed by atoms with Crippen LogP contribution in [0.2, 0.25) is 0 Å². The Hall–Kier alpha value is -1.26. The zero-order valence-electron chi connectivity index (χ0n) is 9.84. The van der Waals surface area contributed by atoms with Crippen molar-refractivity contribution < 1.29 is 14.6 Å². The predicted molar refractivity (Wildman–Crippen MR) is 66.9 cm³/mol. The van der Waals surface area contributed by atoms with Crippen molar-refractivity contribution in [3.05, 3.63) is 29.8 Å². The molecule has 0 amide bonds. The molecule has 1 atom stereocenters. The number of carboxylic acid groups (broad SMARTS) is 1. The molecule has 0 saturated carbocycles. The van der Waals surface area contributed by atoms with E-state index in [4.69, 9.17) is 4.74 Å². The van der Waals surface area contributed by atoms with Crippen LogP contribution >= 0.6 is 12.4 Å². The SMILES string of the molecule is CN(C)C1(C(=O)O)COc2ccccc2C1.Cl. The van der Waals surface area contributed by atoms with E-state index in [1.165, 1.54) is 0 Å². The molecule has 4 nitrogen and oxygen atoms in total. The number of likely N-dealkylation sites (N-methyl/N-ethyl adjacent to an activating group) is 1. The number of para-hydroxylation sites is 1. The van der Waals surface area contributed by atoms with Crippen LogP contribution in [0, 0.1) is 0 Å². The fourth-order valence-corrected chi connectivity index (χ4v) is 1.97. The van der Waals surface area contributed by atoms with Crippen LogP contribution in [0.4, 0.5) is 0 Å². The number of nitrogens with zero attached hydrogens (tertiary/aromatic N) is 1. The van der Waals surface area contributed by atoms with Gasteiger partial charge in [0.2, 0.25) is 0 Å². The molecule has 17 heavy (non-hydrogen) atoms. The van der Waals surface area contributed by atoms with Gasteiger partial charge in [-0.25, -0.2) is 0 Å². The number of rotatable bonds is 2. The number of carbonyl (C=O) groups is 1. The molecule has 94 valence electrons. The van der Waals surface area contributed by atoms with E-state index in [1.807, 2.05) is 24.3 Å². The van der Waals surface area contributed by atoms with Crippen molar-refractivity contribution >= 4 is 18.4 Å². The first-order valence-corrected chi connectivity index (χ1v) is 5.18. The molecule has 0 aliphatic carbocycles. The van der Waals surface area contributed by atoms with Gasteiger partial charge >= 0.3 is 5.97 Å². The van der Waals surface area contributed by atoms with Crippen LogP contribution in [-0.4, -0.2) is 42.2 Å². The van der Waals surface area contributed by atoms with E-state index in [1.54, 1.807) is 19.0 Å². The van der Waals surface area contributed by atoms with E-state index in [0.717, 1.165) is 11.3 Å². The lowest BCUT2D eigenvalue weighted by atomic mass is 9.88. The van der Waals surface area contributed by atoms with Crippen molar-refractivity contribution in [2.24, 2.45) is 0 Å². The van der Waals surface area contributed by atoms with Crippen molar-refractivity contribution in [3.8, 4) is 5.75 Å². The molecule has 5 heteroatoms. The molecule has 1 aromatic rings. The van der Waals surface area contributed by atoms with Crippen LogP contribution in [0.3, 0.4) is 0 Å². The lowest BCUT2D eigenvalue weighted by molar-refractivity contribution is -0.152. The minimum absolute atomic E-state index is 0. The summed E-state index contributed by atoms with van der Waals surface area (Å²) >= 11 is 0. The van der Waals surface area contributed by atoms with Crippen molar-refractivity contribution in [3.63, 3.8) is 0 Å². The third kappa shape index (κ3) is 2.23. The summed E-state index contributed by atoms with van der Waals surface area (Å²) in [5, 5.41) is 9.36. The summed E-state index contributed by atoms with van der Waals surface area (Å²) in [7, 11) is 3.54. The molecular weight excluding hydrogens is 242 g/mol. The van der Waals surface area contributed by atoms with Gasteiger partial charge in [-0.1, -0.05) is 18.2 Å². The van der Waals surface area contributed by atoms with Gasteiger partial charge in [-0.2, -0.15) is 0 Å². The molecule has 1 aromatic carbocycles. The highest BCUT2D eigenvalue weighted by molar-refractivity contribution is 5.85. The zero-order valence-corrected chi connectivity index (χ0v) is 10.7. The zero-order chi connectivity index (χ0) is 11.8. The third-order valence-electron chi connectivity index (χ3n) is 3.18. The fourth-order valence-electron chi connectivity index (χ4n) is 1.97. The molecule has 1 unspecified atom stereocenters. The number of fused-ring (bicyclic) bond motifs is 1. The van der Waals surface area contributed by atoms with Gasteiger partial charge in [0, 0.05) is 6.42 Å². The summed E-state index contributed by atoms with van der Waals surface area (Å²) in [5.74, 6) is -0.0479. The van der Waals surface area contributed by atoms with Gasteiger partial charge in [-0.15, -0.1) is 12.4 Å². The summed E-state index contributed by atoms with van der Waals surface area (Å²) in [6, 6.07) is 7.57. The highest BCUT2D eigenvalue weighted by Crippen LogP contribution is 2.31. The van der Waals surface area contributed by atoms with Crippen LogP contribution in [0.5, 0.6) is 5.75 Å². The summed E-state index contributed by atoms with van der Waals surface area (Å²) in [5.41, 5.74) is -0.00111. The molecule has 1 heterocycles. The Kier molecular flexibility index (Phi) is 4.01. The summed E-state index contributed by atoms with van der Waals surface area (Å²) in [6.07, 6.45) is 0.478. The highest BCUT2D eigenvalue weighted by Gasteiger charge is 2.45. The molecule has 1 aliphatic rings. The average molecular weight is 258 g/mol. The smallest absolute Gasteiger partial charge is 0.328 e. The molecule has 0 radical (unpaired) electrons. The number of ether oxygens (including phenoxy) is 1. The summed E-state index contributed by atoms with van der Waals surface area (Å²) < 4.78 is 5.54. The summed E-state index contributed by atoms with van der Waals surface area (Å²) in [4.78, 5) is 13.1. The summed E-state index contributed by atoms with van der Waals surface area (Å²) in [6.45, 7) is 0.187. The van der Waals surface area contributed by atoms with Crippen LogP contribution in [0.15, 0.2) is 24.3 Å². The van der Waals surface area contributed by atoms with Crippen molar-refractivity contribution in [1.82, 2.24) is 4.90 Å². The Balaban J connectivity index is 0.00000144. The molecular formula is C12H16ClNO3. The van der Waals surface area contributed by atoms with E-state index >= 15 is 0 Å². The standard InChI is InChI=1S/C12H15NO3.ClH/c1-13(2)12(11(14)15)7-9-5-3-4-6-10(9)16-8-12;/h3-6H,7-8H2,1-2H3,(H,14,15);1H. The largest absolute Gasteiger partial charge is 0.491 e. The van der Waals surface area contributed by atoms with Crippen molar-refractivity contribution in [2.75, 3.05) is 20.7 Å². The third-order valence-corrected chi connectivity index (χ3v) is 3.18. The molecule has 0 spiro atoms. The lowest BCUT2D eigenvalue weighted by Gasteiger charge is -2.39. The van der Waals surface area contributed by atoms with Gasteiger partial charge in [-0.3, -0.25) is 9.69 Å². The molecule has 0 bridgehead atoms. The quantitative estimate of drug-likeness (QED) is 0.871. The minimum atomic E-state index is -0.950. The molecule has 0 fully saturated rings. The van der Waals surface area contributed by atoms with Crippen molar-refractivity contribution in [2.45, 2.75) is 12.0 Å². The monoisotopic (exact) mass is 257 g/mol. The molecule has 2 rings (SSSR count). The first-order valence-electron chi connectivity index (χ1n) is 5.18. The van der Waals surface area contributed by atoms with Gasteiger partial charge in [0.05, 0.1) is 0 Å². The maximum absolute atomic E-state index is 11.4. The topological polar surface area (TPSA) is 49.8 Å². The van der Waals surface area contributed by atoms with Gasteiger partial charge in [0.1, 0.15) is 12.4 Å². The number of hydrogen-bond donors (Lipinski definition) is 1. The Morgan fingerprint density at radius 3 is 2.65 bits per heavy atom. The number of aliphatic carboxylic acids is 1. The second-order valence-electron chi connectivity index (χ2n) is 4.30. The second-order valence-corrected chi connectivity index (χ2v) is 4.30. The first kappa shape index (κ1) is 13.8. The minimum Gasteiger partial charge on any atom is -0.491 e. The van der Waals surface area contributed by atoms with Crippen LogP contribution < -0.4 is 4.74 Å². The van der Waals surface area contributed by atoms with Crippen molar-refractivity contribution in [1.29, 1.82) is 0 Å². The number of hydrogen-bond acceptors (Lipinski definition) is 3. The van der Waals surface area contributed by atoms with Gasteiger partial charge in [0.15, 0.2) is 5.54 Å². The molecule has 0 aromatic heterocycles. The van der Waals surface area contributed by atoms with Gasteiger partial charge in [0.25, 0.3) is 0 Å². The lowest BCUT2D eigenvalue weighted by Crippen LogP contribution is -2.58. The maximum Gasteiger partial charge on any atom is 0.328 e. The number of benzene rings is 1. The Labute approximate surface area is 107 Å². The van der Waals surface area contributed by atoms with E-state index < -0.39 is 11.5 Å². The van der Waals surface area contributed by atoms with Gasteiger partial charge < -0.3 is 9.84 Å². The van der Waals surface area contributed by atoms with Crippen LogP contribution in [-0.2, 0) is 11.2 Å². The normalized spacial score (nSPS) is 22.3. The highest BCUT2D eigenvalue weighted by atomic mass is 35.5. The van der Waals surface area contributed by atoms with E-state index in [-0.39, 0.29) is 19.0 Å². The predicted octanol–water partition coefficient (Wildman–Crippen LogP) is 1.43. The Morgan fingerprint density at radius 2 is 2.06 bits per heavy atom. The van der Waals surface area contributed by atoms with Gasteiger partial charge in [-0.05, 0) is 25.7 Å². The average Bonchev–Trinajstić information content (AvgIpc) is 2.27. The molecule has 1 N–H and O–H groups in total. The van der Waals surface area contributed by atoms with Crippen LogP contribution in [0.1, 0.15) is 5.56 Å². The Morgan fingerprint density at radius 1 is 1.41 bits per heavy atom. The fraction of sp³-hybridized carbons (Fsp3) is 0.417. The van der Waals surface area contributed by atoms with E-state index in [9.17, 15) is 9.90 Å². The molecule has 0 saturated heterocycles. The first-order chi connectivity index (χ1) is 7.56. The molecule has 1 aliphatic heterocycles. The van der Waals surface area contributed by atoms with E-state index in [2.05, 4.69) is 0 Å². The Bertz CT molecular complexity index is 422. The number of carboxylic acids is 1. The van der Waals surface area contributed by atoms with E-state index in [0.29, 0.717) is 6.42 Å².